The van der Waals surface area contributed by atoms with Crippen LogP contribution >= 0.6 is 11.6 Å². The molecule has 0 fully saturated rings. The van der Waals surface area contributed by atoms with E-state index in [2.05, 4.69) is 9.84 Å². The van der Waals surface area contributed by atoms with Gasteiger partial charge in [-0.3, -0.25) is 0 Å². The topological polar surface area (TPSA) is 27.1 Å². The lowest BCUT2D eigenvalue weighted by molar-refractivity contribution is -0.154. The lowest BCUT2D eigenvalue weighted by Crippen LogP contribution is -2.19. The van der Waals surface area contributed by atoms with Crippen LogP contribution in [-0.4, -0.2) is 22.6 Å². The molecule has 2 aromatic rings. The van der Waals surface area contributed by atoms with Crippen LogP contribution in [-0.2, 0) is 0 Å². The first-order valence-corrected chi connectivity index (χ1v) is 5.34. The molecule has 0 spiro atoms. The number of halogens is 4. The average Bonchev–Trinajstić information content (AvgIpc) is 2.68. The Balaban J connectivity index is 2.17. The summed E-state index contributed by atoms with van der Waals surface area (Å²) in [7, 11) is 0. The number of rotatable bonds is 3. The molecule has 2 rings (SSSR count). The minimum atomic E-state index is -4.42. The molecule has 3 nitrogen and oxygen atoms in total. The van der Waals surface area contributed by atoms with Crippen LogP contribution in [0.15, 0.2) is 36.5 Å². The third-order valence-electron chi connectivity index (χ3n) is 2.03. The van der Waals surface area contributed by atoms with Crippen molar-refractivity contribution in [3.05, 3.63) is 41.6 Å². The number of alkyl halides is 3. The zero-order valence-electron chi connectivity index (χ0n) is 8.99. The number of benzene rings is 1. The van der Waals surface area contributed by atoms with Crippen LogP contribution in [0.25, 0.3) is 5.69 Å². The number of ether oxygens (including phenoxy) is 1. The summed E-state index contributed by atoms with van der Waals surface area (Å²) < 4.78 is 41.9. The number of aromatic nitrogens is 2. The average molecular weight is 277 g/mol. The van der Waals surface area contributed by atoms with Crippen LogP contribution in [0.3, 0.4) is 0 Å². The fraction of sp³-hybridized carbons (Fsp3) is 0.182. The molecule has 0 aliphatic heterocycles. The predicted molar refractivity (Wildman–Crippen MR) is 60.1 cm³/mol. The van der Waals surface area contributed by atoms with Gasteiger partial charge >= 0.3 is 6.18 Å². The van der Waals surface area contributed by atoms with Crippen LogP contribution in [0.2, 0.25) is 5.02 Å². The van der Waals surface area contributed by atoms with E-state index >= 15 is 0 Å². The zero-order valence-corrected chi connectivity index (χ0v) is 9.74. The molecule has 0 unspecified atom stereocenters. The fourth-order valence-electron chi connectivity index (χ4n) is 1.30. The first-order valence-electron chi connectivity index (χ1n) is 4.96. The van der Waals surface area contributed by atoms with Crippen molar-refractivity contribution in [3.8, 4) is 11.6 Å². The third-order valence-corrected chi connectivity index (χ3v) is 2.29. The van der Waals surface area contributed by atoms with Crippen LogP contribution in [0.5, 0.6) is 5.88 Å². The molecule has 0 amide bonds. The van der Waals surface area contributed by atoms with Crippen molar-refractivity contribution in [3.63, 3.8) is 0 Å². The molecule has 96 valence electrons. The Morgan fingerprint density at radius 1 is 1.22 bits per heavy atom. The highest BCUT2D eigenvalue weighted by Gasteiger charge is 2.29. The van der Waals surface area contributed by atoms with Crippen molar-refractivity contribution in [2.45, 2.75) is 6.18 Å². The first kappa shape index (κ1) is 12.8. The Kier molecular flexibility index (Phi) is 3.47. The van der Waals surface area contributed by atoms with Crippen molar-refractivity contribution in [2.24, 2.45) is 0 Å². The highest BCUT2D eigenvalue weighted by atomic mass is 35.5. The maximum atomic E-state index is 12.0. The maximum Gasteiger partial charge on any atom is 0.422 e. The van der Waals surface area contributed by atoms with Crippen molar-refractivity contribution in [2.75, 3.05) is 6.61 Å². The first-order chi connectivity index (χ1) is 8.46. The predicted octanol–water partition coefficient (Wildman–Crippen LogP) is 3.47. The molecular weight excluding hydrogens is 269 g/mol. The van der Waals surface area contributed by atoms with Gasteiger partial charge in [0, 0.05) is 0 Å². The van der Waals surface area contributed by atoms with Gasteiger partial charge < -0.3 is 4.74 Å². The highest BCUT2D eigenvalue weighted by Crippen LogP contribution is 2.26. The minimum absolute atomic E-state index is 0.0307. The van der Waals surface area contributed by atoms with E-state index in [1.54, 1.807) is 24.3 Å². The van der Waals surface area contributed by atoms with Crippen LogP contribution in [0.4, 0.5) is 13.2 Å². The molecular formula is C11H8ClF3N2O. The molecule has 0 N–H and O–H groups in total. The van der Waals surface area contributed by atoms with Gasteiger partial charge in [-0.1, -0.05) is 29.8 Å². The Hall–Kier alpha value is -1.69. The zero-order chi connectivity index (χ0) is 13.2. The molecule has 0 atom stereocenters. The quantitative estimate of drug-likeness (QED) is 0.858. The fourth-order valence-corrected chi connectivity index (χ4v) is 1.48. The summed E-state index contributed by atoms with van der Waals surface area (Å²) in [6.45, 7) is -1.42. The summed E-state index contributed by atoms with van der Waals surface area (Å²) in [5.74, 6) is -0.238. The largest absolute Gasteiger partial charge is 0.466 e. The maximum absolute atomic E-state index is 12.0. The van der Waals surface area contributed by atoms with Crippen molar-refractivity contribution < 1.29 is 17.9 Å². The highest BCUT2D eigenvalue weighted by molar-refractivity contribution is 6.31. The molecule has 0 saturated heterocycles. The van der Waals surface area contributed by atoms with Crippen LogP contribution in [0, 0.1) is 0 Å². The van der Waals surface area contributed by atoms with Crippen LogP contribution in [0.1, 0.15) is 0 Å². The second kappa shape index (κ2) is 4.89. The summed E-state index contributed by atoms with van der Waals surface area (Å²) in [5, 5.41) is 3.88. The summed E-state index contributed by atoms with van der Waals surface area (Å²) >= 11 is 5.75. The van der Waals surface area contributed by atoms with E-state index in [0.29, 0.717) is 5.69 Å². The van der Waals surface area contributed by atoms with Gasteiger partial charge in [-0.05, 0) is 12.1 Å². The molecule has 1 aromatic heterocycles. The van der Waals surface area contributed by atoms with E-state index in [1.807, 2.05) is 6.07 Å². The molecule has 0 saturated carbocycles. The van der Waals surface area contributed by atoms with Gasteiger partial charge in [-0.25, -0.2) is 4.68 Å². The molecule has 7 heteroatoms. The van der Waals surface area contributed by atoms with E-state index in [9.17, 15) is 13.2 Å². The number of hydrogen-bond donors (Lipinski definition) is 0. The van der Waals surface area contributed by atoms with Gasteiger partial charge in [0.2, 0.25) is 0 Å². The Morgan fingerprint density at radius 3 is 2.50 bits per heavy atom. The van der Waals surface area contributed by atoms with E-state index in [-0.39, 0.29) is 10.9 Å². The summed E-state index contributed by atoms with van der Waals surface area (Å²) in [6, 6.07) is 8.87. The molecule has 0 bridgehead atoms. The number of nitrogens with zero attached hydrogens (tertiary/aromatic N) is 2. The molecule has 0 aliphatic rings. The third kappa shape index (κ3) is 3.16. The number of para-hydroxylation sites is 1. The van der Waals surface area contributed by atoms with E-state index < -0.39 is 12.8 Å². The minimum Gasteiger partial charge on any atom is -0.466 e. The van der Waals surface area contributed by atoms with E-state index in [0.717, 1.165) is 0 Å². The Bertz CT molecular complexity index is 525. The van der Waals surface area contributed by atoms with Gasteiger partial charge in [-0.2, -0.15) is 13.2 Å². The molecule has 0 radical (unpaired) electrons. The normalized spacial score (nSPS) is 11.6. The van der Waals surface area contributed by atoms with Gasteiger partial charge in [-0.15, -0.1) is 5.10 Å². The second-order valence-electron chi connectivity index (χ2n) is 3.47. The van der Waals surface area contributed by atoms with Crippen LogP contribution < -0.4 is 4.74 Å². The van der Waals surface area contributed by atoms with Gasteiger partial charge in [0.1, 0.15) is 5.02 Å². The molecule has 18 heavy (non-hydrogen) atoms. The SMILES string of the molecule is FC(F)(F)COc1nn(-c2ccccc2)cc1Cl. The van der Waals surface area contributed by atoms with Gasteiger partial charge in [0.25, 0.3) is 5.88 Å². The van der Waals surface area contributed by atoms with Crippen molar-refractivity contribution >= 4 is 11.6 Å². The monoisotopic (exact) mass is 276 g/mol. The van der Waals surface area contributed by atoms with Gasteiger partial charge in [0.05, 0.1) is 11.9 Å². The summed E-state index contributed by atoms with van der Waals surface area (Å²) in [5.41, 5.74) is 0.682. The molecule has 1 heterocycles. The number of hydrogen-bond acceptors (Lipinski definition) is 2. The van der Waals surface area contributed by atoms with E-state index in [1.165, 1.54) is 10.9 Å². The Labute approximate surface area is 106 Å². The van der Waals surface area contributed by atoms with Crippen molar-refractivity contribution in [1.29, 1.82) is 0 Å². The lowest BCUT2D eigenvalue weighted by atomic mass is 10.3. The lowest BCUT2D eigenvalue weighted by Gasteiger charge is -2.06. The second-order valence-corrected chi connectivity index (χ2v) is 3.87. The summed E-state index contributed by atoms with van der Waals surface area (Å²) in [6.07, 6.45) is -3.03. The molecule has 1 aromatic carbocycles. The smallest absolute Gasteiger partial charge is 0.422 e. The van der Waals surface area contributed by atoms with E-state index in [4.69, 9.17) is 11.6 Å². The molecule has 0 aliphatic carbocycles. The standard InChI is InChI=1S/C11H8ClF3N2O/c12-9-6-17(8-4-2-1-3-5-8)16-10(9)18-7-11(13,14)15/h1-6H,7H2. The van der Waals surface area contributed by atoms with Crippen molar-refractivity contribution in [1.82, 2.24) is 9.78 Å². The summed E-state index contributed by atoms with van der Waals surface area (Å²) in [4.78, 5) is 0. The van der Waals surface area contributed by atoms with Gasteiger partial charge in [0.15, 0.2) is 6.61 Å². The Morgan fingerprint density at radius 2 is 1.89 bits per heavy atom.